The lowest BCUT2D eigenvalue weighted by Crippen LogP contribution is -2.27. The Labute approximate surface area is 144 Å². The Morgan fingerprint density at radius 1 is 1.08 bits per heavy atom. The van der Waals surface area contributed by atoms with Crippen molar-refractivity contribution in [3.8, 4) is 0 Å². The highest BCUT2D eigenvalue weighted by molar-refractivity contribution is 7.13. The lowest BCUT2D eigenvalue weighted by atomic mass is 10.1. The minimum Gasteiger partial charge on any atom is -0.355 e. The molecule has 0 bridgehead atoms. The number of aromatic nitrogens is 3. The summed E-state index contributed by atoms with van der Waals surface area (Å²) < 4.78 is 0. The molecule has 1 amide bonds. The fourth-order valence-corrected chi connectivity index (χ4v) is 2.83. The first-order valence-electron chi connectivity index (χ1n) is 7.59. The van der Waals surface area contributed by atoms with Crippen LogP contribution in [0.25, 0.3) is 0 Å². The number of hydrogen-bond acceptors (Lipinski definition) is 6. The number of rotatable bonds is 7. The van der Waals surface area contributed by atoms with Gasteiger partial charge in [0.25, 0.3) is 0 Å². The van der Waals surface area contributed by atoms with Gasteiger partial charge in [-0.2, -0.15) is 0 Å². The van der Waals surface area contributed by atoms with E-state index in [9.17, 15) is 4.79 Å². The molecule has 7 heteroatoms. The molecule has 0 unspecified atom stereocenters. The monoisotopic (exact) mass is 339 g/mol. The number of nitrogens with one attached hydrogen (secondary N) is 2. The number of thiazole rings is 1. The van der Waals surface area contributed by atoms with E-state index in [0.717, 1.165) is 12.1 Å². The predicted molar refractivity (Wildman–Crippen MR) is 94.3 cm³/mol. The van der Waals surface area contributed by atoms with Gasteiger partial charge in [0.15, 0.2) is 5.13 Å². The van der Waals surface area contributed by atoms with Crippen LogP contribution in [0.15, 0.2) is 54.2 Å². The number of nitrogens with zero attached hydrogens (tertiary/aromatic N) is 3. The zero-order valence-electron chi connectivity index (χ0n) is 13.0. The topological polar surface area (TPSA) is 79.8 Å². The third kappa shape index (κ3) is 4.85. The standard InChI is InChI=1S/C17H17N5OS/c23-15(18-10-7-13-5-2-1-3-6-13)11-14-12-24-17(21-14)22-16-19-8-4-9-20-16/h1-6,8-9,12H,7,10-11H2,(H,18,23)(H,19,20,21,22). The maximum atomic E-state index is 12.0. The molecule has 3 rings (SSSR count). The second-order valence-electron chi connectivity index (χ2n) is 5.10. The number of benzene rings is 1. The normalized spacial score (nSPS) is 10.3. The number of anilines is 2. The first kappa shape index (κ1) is 16.1. The second kappa shape index (κ2) is 8.16. The second-order valence-corrected chi connectivity index (χ2v) is 5.96. The molecule has 6 nitrogen and oxygen atoms in total. The maximum Gasteiger partial charge on any atom is 0.228 e. The fraction of sp³-hybridized carbons (Fsp3) is 0.176. The summed E-state index contributed by atoms with van der Waals surface area (Å²) in [7, 11) is 0. The van der Waals surface area contributed by atoms with E-state index in [1.807, 2.05) is 23.6 Å². The summed E-state index contributed by atoms with van der Waals surface area (Å²) in [5.74, 6) is 0.462. The Morgan fingerprint density at radius 2 is 1.88 bits per heavy atom. The lowest BCUT2D eigenvalue weighted by Gasteiger charge is -2.04. The van der Waals surface area contributed by atoms with Gasteiger partial charge >= 0.3 is 0 Å². The molecule has 3 aromatic rings. The summed E-state index contributed by atoms with van der Waals surface area (Å²) in [4.78, 5) is 24.5. The Balaban J connectivity index is 1.45. The van der Waals surface area contributed by atoms with Crippen LogP contribution in [-0.2, 0) is 17.6 Å². The zero-order chi connectivity index (χ0) is 16.6. The number of amides is 1. The summed E-state index contributed by atoms with van der Waals surface area (Å²) in [6.45, 7) is 0.621. The average Bonchev–Trinajstić information content (AvgIpc) is 3.03. The highest BCUT2D eigenvalue weighted by atomic mass is 32.1. The summed E-state index contributed by atoms with van der Waals surface area (Å²) in [6.07, 6.45) is 4.40. The number of hydrogen-bond donors (Lipinski definition) is 2. The van der Waals surface area contributed by atoms with Crippen LogP contribution in [0.5, 0.6) is 0 Å². The average molecular weight is 339 g/mol. The van der Waals surface area contributed by atoms with Gasteiger partial charge in [-0.05, 0) is 18.1 Å². The van der Waals surface area contributed by atoms with E-state index in [0.29, 0.717) is 17.6 Å². The summed E-state index contributed by atoms with van der Waals surface area (Å²) in [6, 6.07) is 11.8. The molecule has 0 fully saturated rings. The molecule has 2 N–H and O–H groups in total. The van der Waals surface area contributed by atoms with E-state index in [1.54, 1.807) is 18.5 Å². The van der Waals surface area contributed by atoms with Gasteiger partial charge in [0.1, 0.15) is 0 Å². The van der Waals surface area contributed by atoms with Gasteiger partial charge in [-0.25, -0.2) is 15.0 Å². The third-order valence-electron chi connectivity index (χ3n) is 3.26. The maximum absolute atomic E-state index is 12.0. The Bertz CT molecular complexity index is 776. The first-order chi connectivity index (χ1) is 11.8. The van der Waals surface area contributed by atoms with Gasteiger partial charge in [-0.1, -0.05) is 30.3 Å². The van der Waals surface area contributed by atoms with Crippen molar-refractivity contribution in [2.24, 2.45) is 0 Å². The molecule has 1 aromatic carbocycles. The van der Waals surface area contributed by atoms with Crippen molar-refractivity contribution < 1.29 is 4.79 Å². The minimum atomic E-state index is -0.0289. The van der Waals surface area contributed by atoms with Crippen LogP contribution in [-0.4, -0.2) is 27.4 Å². The van der Waals surface area contributed by atoms with Gasteiger partial charge in [-0.3, -0.25) is 4.79 Å². The van der Waals surface area contributed by atoms with Gasteiger partial charge in [0.05, 0.1) is 12.1 Å². The number of carbonyl (C=O) groups excluding carboxylic acids is 1. The molecular formula is C17H17N5OS. The molecule has 24 heavy (non-hydrogen) atoms. The Hall–Kier alpha value is -2.80. The van der Waals surface area contributed by atoms with Crippen LogP contribution in [0.2, 0.25) is 0 Å². The zero-order valence-corrected chi connectivity index (χ0v) is 13.8. The van der Waals surface area contributed by atoms with Crippen molar-refractivity contribution in [2.75, 3.05) is 11.9 Å². The highest BCUT2D eigenvalue weighted by Gasteiger charge is 2.08. The molecule has 0 radical (unpaired) electrons. The van der Waals surface area contributed by atoms with Gasteiger partial charge in [0, 0.05) is 24.3 Å². The third-order valence-corrected chi connectivity index (χ3v) is 4.06. The molecule has 2 heterocycles. The van der Waals surface area contributed by atoms with Crippen molar-refractivity contribution in [3.63, 3.8) is 0 Å². The molecule has 0 saturated carbocycles. The molecule has 0 atom stereocenters. The van der Waals surface area contributed by atoms with E-state index in [-0.39, 0.29) is 12.3 Å². The van der Waals surface area contributed by atoms with Gasteiger partial charge in [-0.15, -0.1) is 11.3 Å². The molecule has 0 aliphatic rings. The van der Waals surface area contributed by atoms with Crippen molar-refractivity contribution >= 4 is 28.3 Å². The molecule has 2 aromatic heterocycles. The Kier molecular flexibility index (Phi) is 5.47. The van der Waals surface area contributed by atoms with E-state index in [1.165, 1.54) is 16.9 Å². The fourth-order valence-electron chi connectivity index (χ4n) is 2.12. The van der Waals surface area contributed by atoms with E-state index in [2.05, 4.69) is 37.7 Å². The molecule has 122 valence electrons. The van der Waals surface area contributed by atoms with E-state index in [4.69, 9.17) is 0 Å². The van der Waals surface area contributed by atoms with Crippen molar-refractivity contribution in [1.29, 1.82) is 0 Å². The van der Waals surface area contributed by atoms with Crippen LogP contribution in [0.3, 0.4) is 0 Å². The van der Waals surface area contributed by atoms with Crippen LogP contribution < -0.4 is 10.6 Å². The summed E-state index contributed by atoms with van der Waals surface area (Å²) in [5, 5.41) is 8.47. The first-order valence-corrected chi connectivity index (χ1v) is 8.46. The largest absolute Gasteiger partial charge is 0.355 e. The predicted octanol–water partition coefficient (Wildman–Crippen LogP) is 2.58. The minimum absolute atomic E-state index is 0.0289. The van der Waals surface area contributed by atoms with Crippen LogP contribution in [0.1, 0.15) is 11.3 Å². The van der Waals surface area contributed by atoms with E-state index >= 15 is 0 Å². The quantitative estimate of drug-likeness (QED) is 0.691. The summed E-state index contributed by atoms with van der Waals surface area (Å²) >= 11 is 1.42. The highest BCUT2D eigenvalue weighted by Crippen LogP contribution is 2.18. The molecule has 0 saturated heterocycles. The number of carbonyl (C=O) groups is 1. The van der Waals surface area contributed by atoms with Crippen molar-refractivity contribution in [3.05, 3.63) is 65.4 Å². The van der Waals surface area contributed by atoms with Crippen LogP contribution in [0.4, 0.5) is 11.1 Å². The molecule has 0 aliphatic heterocycles. The molecule has 0 aliphatic carbocycles. The van der Waals surface area contributed by atoms with Crippen molar-refractivity contribution in [2.45, 2.75) is 12.8 Å². The van der Waals surface area contributed by atoms with Crippen LogP contribution in [0, 0.1) is 0 Å². The van der Waals surface area contributed by atoms with Crippen LogP contribution >= 0.6 is 11.3 Å². The lowest BCUT2D eigenvalue weighted by molar-refractivity contribution is -0.120. The Morgan fingerprint density at radius 3 is 2.67 bits per heavy atom. The van der Waals surface area contributed by atoms with Crippen molar-refractivity contribution in [1.82, 2.24) is 20.3 Å². The summed E-state index contributed by atoms with van der Waals surface area (Å²) in [5.41, 5.74) is 1.94. The van der Waals surface area contributed by atoms with Gasteiger partial charge in [0.2, 0.25) is 11.9 Å². The van der Waals surface area contributed by atoms with E-state index < -0.39 is 0 Å². The molecule has 0 spiro atoms. The SMILES string of the molecule is O=C(Cc1csc(Nc2ncccn2)n1)NCCc1ccccc1. The smallest absolute Gasteiger partial charge is 0.228 e. The molecular weight excluding hydrogens is 322 g/mol. The van der Waals surface area contributed by atoms with Gasteiger partial charge < -0.3 is 10.6 Å².